The van der Waals surface area contributed by atoms with Crippen molar-refractivity contribution >= 4 is 5.91 Å². The molecule has 1 amide bonds. The Labute approximate surface area is 113 Å². The fourth-order valence-electron chi connectivity index (χ4n) is 2.27. The van der Waals surface area contributed by atoms with E-state index in [1.165, 1.54) is 0 Å². The van der Waals surface area contributed by atoms with E-state index in [2.05, 4.69) is 4.90 Å². The average Bonchev–Trinajstić information content (AvgIpc) is 2.89. The molecule has 1 saturated heterocycles. The second kappa shape index (κ2) is 6.73. The molecule has 1 aromatic rings. The number of hydrogen-bond acceptors (Lipinski definition) is 4. The van der Waals surface area contributed by atoms with Gasteiger partial charge in [0, 0.05) is 32.6 Å². The van der Waals surface area contributed by atoms with Gasteiger partial charge in [0.2, 0.25) is 5.91 Å². The molecule has 5 heteroatoms. The zero-order chi connectivity index (χ0) is 13.7. The Hall–Kier alpha value is -1.33. The summed E-state index contributed by atoms with van der Waals surface area (Å²) in [6.45, 7) is 5.80. The van der Waals surface area contributed by atoms with Crippen LogP contribution in [0.4, 0.5) is 0 Å². The number of furan rings is 1. The summed E-state index contributed by atoms with van der Waals surface area (Å²) in [6.07, 6.45) is 2.27. The second-order valence-electron chi connectivity index (χ2n) is 5.12. The summed E-state index contributed by atoms with van der Waals surface area (Å²) in [5.41, 5.74) is 0. The highest BCUT2D eigenvalue weighted by Crippen LogP contribution is 2.10. The molecule has 1 aliphatic heterocycles. The van der Waals surface area contributed by atoms with E-state index in [0.29, 0.717) is 12.8 Å². The molecule has 19 heavy (non-hydrogen) atoms. The third-order valence-corrected chi connectivity index (χ3v) is 3.46. The number of hydrogen-bond donors (Lipinski definition) is 1. The maximum absolute atomic E-state index is 11.9. The second-order valence-corrected chi connectivity index (χ2v) is 5.12. The largest absolute Gasteiger partial charge is 0.468 e. The third-order valence-electron chi connectivity index (χ3n) is 3.46. The normalized spacial score (nSPS) is 18.5. The van der Waals surface area contributed by atoms with Gasteiger partial charge in [0.1, 0.15) is 5.76 Å². The van der Waals surface area contributed by atoms with Gasteiger partial charge in [-0.25, -0.2) is 0 Å². The average molecular weight is 266 g/mol. The van der Waals surface area contributed by atoms with Crippen LogP contribution in [0.15, 0.2) is 22.8 Å². The Morgan fingerprint density at radius 1 is 1.42 bits per heavy atom. The summed E-state index contributed by atoms with van der Waals surface area (Å²) in [5, 5.41) is 9.20. The van der Waals surface area contributed by atoms with Crippen LogP contribution in [0.2, 0.25) is 0 Å². The molecule has 106 valence electrons. The van der Waals surface area contributed by atoms with Crippen LogP contribution < -0.4 is 0 Å². The molecular weight excluding hydrogens is 244 g/mol. The molecule has 1 atom stereocenters. The van der Waals surface area contributed by atoms with Gasteiger partial charge in [-0.2, -0.15) is 0 Å². The Bertz CT molecular complexity index is 381. The lowest BCUT2D eigenvalue weighted by Gasteiger charge is -2.34. The van der Waals surface area contributed by atoms with Crippen LogP contribution in [0.1, 0.15) is 25.5 Å². The molecule has 1 unspecified atom stereocenters. The summed E-state index contributed by atoms with van der Waals surface area (Å²) in [6, 6.07) is 3.87. The zero-order valence-corrected chi connectivity index (χ0v) is 11.4. The quantitative estimate of drug-likeness (QED) is 0.866. The highest BCUT2D eigenvalue weighted by Gasteiger charge is 2.21. The molecular formula is C14H22N2O3. The van der Waals surface area contributed by atoms with Crippen molar-refractivity contribution in [2.24, 2.45) is 0 Å². The number of rotatable bonds is 5. The van der Waals surface area contributed by atoms with E-state index in [1.54, 1.807) is 13.2 Å². The lowest BCUT2D eigenvalue weighted by molar-refractivity contribution is -0.133. The number of aliphatic hydroxyl groups is 1. The first-order chi connectivity index (χ1) is 9.15. The summed E-state index contributed by atoms with van der Waals surface area (Å²) >= 11 is 0. The fraction of sp³-hybridized carbons (Fsp3) is 0.643. The van der Waals surface area contributed by atoms with Gasteiger partial charge in [-0.05, 0) is 25.5 Å². The smallest absolute Gasteiger partial charge is 0.222 e. The van der Waals surface area contributed by atoms with E-state index >= 15 is 0 Å². The topological polar surface area (TPSA) is 56.9 Å². The minimum Gasteiger partial charge on any atom is -0.468 e. The number of nitrogens with zero attached hydrogens (tertiary/aromatic N) is 2. The number of carbonyl (C=O) groups is 1. The summed E-state index contributed by atoms with van der Waals surface area (Å²) in [4.78, 5) is 16.1. The maximum atomic E-state index is 11.9. The van der Waals surface area contributed by atoms with E-state index < -0.39 is 6.10 Å². The third kappa shape index (κ3) is 4.36. The lowest BCUT2D eigenvalue weighted by atomic mass is 10.2. The molecule has 5 nitrogen and oxygen atoms in total. The molecule has 2 heterocycles. The van der Waals surface area contributed by atoms with Crippen molar-refractivity contribution < 1.29 is 14.3 Å². The highest BCUT2D eigenvalue weighted by molar-refractivity contribution is 5.76. The van der Waals surface area contributed by atoms with E-state index in [1.807, 2.05) is 17.0 Å². The van der Waals surface area contributed by atoms with Crippen LogP contribution >= 0.6 is 0 Å². The Balaban J connectivity index is 1.71. The summed E-state index contributed by atoms with van der Waals surface area (Å²) < 4.78 is 5.33. The van der Waals surface area contributed by atoms with Crippen LogP contribution in [0.5, 0.6) is 0 Å². The standard InChI is InChI=1S/C14H22N2O3/c1-12(17)4-5-14(18)16-8-6-15(7-9-16)11-13-3-2-10-19-13/h2-3,10,12,17H,4-9,11H2,1H3. The van der Waals surface area contributed by atoms with Crippen molar-refractivity contribution in [3.05, 3.63) is 24.2 Å². The molecule has 1 aromatic heterocycles. The van der Waals surface area contributed by atoms with E-state index in [-0.39, 0.29) is 5.91 Å². The fourth-order valence-corrected chi connectivity index (χ4v) is 2.27. The maximum Gasteiger partial charge on any atom is 0.222 e. The first kappa shape index (κ1) is 14.1. The monoisotopic (exact) mass is 266 g/mol. The number of piperazine rings is 1. The van der Waals surface area contributed by atoms with Crippen molar-refractivity contribution in [3.8, 4) is 0 Å². The van der Waals surface area contributed by atoms with Gasteiger partial charge in [-0.3, -0.25) is 9.69 Å². The molecule has 2 rings (SSSR count). The summed E-state index contributed by atoms with van der Waals surface area (Å²) in [5.74, 6) is 1.12. The van der Waals surface area contributed by atoms with Gasteiger partial charge in [-0.1, -0.05) is 0 Å². The summed E-state index contributed by atoms with van der Waals surface area (Å²) in [7, 11) is 0. The van der Waals surface area contributed by atoms with E-state index in [9.17, 15) is 9.90 Å². The molecule has 0 radical (unpaired) electrons. The van der Waals surface area contributed by atoms with Crippen LogP contribution in [0.3, 0.4) is 0 Å². The minimum absolute atomic E-state index is 0.151. The van der Waals surface area contributed by atoms with Crippen LogP contribution in [-0.4, -0.2) is 53.1 Å². The minimum atomic E-state index is -0.399. The van der Waals surface area contributed by atoms with Gasteiger partial charge < -0.3 is 14.4 Å². The predicted molar refractivity (Wildman–Crippen MR) is 71.5 cm³/mol. The molecule has 1 fully saturated rings. The van der Waals surface area contributed by atoms with Gasteiger partial charge in [0.05, 0.1) is 18.9 Å². The molecule has 0 spiro atoms. The van der Waals surface area contributed by atoms with Crippen molar-refractivity contribution in [1.82, 2.24) is 9.80 Å². The first-order valence-electron chi connectivity index (χ1n) is 6.85. The van der Waals surface area contributed by atoms with Crippen LogP contribution in [-0.2, 0) is 11.3 Å². The molecule has 0 aliphatic carbocycles. The SMILES string of the molecule is CC(O)CCC(=O)N1CCN(Cc2ccco2)CC1. The first-order valence-corrected chi connectivity index (χ1v) is 6.85. The van der Waals surface area contributed by atoms with Crippen molar-refractivity contribution in [2.45, 2.75) is 32.4 Å². The Morgan fingerprint density at radius 3 is 2.74 bits per heavy atom. The van der Waals surface area contributed by atoms with Crippen LogP contribution in [0, 0.1) is 0 Å². The number of aliphatic hydroxyl groups excluding tert-OH is 1. The van der Waals surface area contributed by atoms with Gasteiger partial charge in [0.15, 0.2) is 0 Å². The van der Waals surface area contributed by atoms with Gasteiger partial charge in [0.25, 0.3) is 0 Å². The zero-order valence-electron chi connectivity index (χ0n) is 11.4. The lowest BCUT2D eigenvalue weighted by Crippen LogP contribution is -2.48. The molecule has 1 aliphatic rings. The van der Waals surface area contributed by atoms with Crippen molar-refractivity contribution in [3.63, 3.8) is 0 Å². The van der Waals surface area contributed by atoms with Crippen LogP contribution in [0.25, 0.3) is 0 Å². The number of amides is 1. The van der Waals surface area contributed by atoms with Crippen molar-refractivity contribution in [1.29, 1.82) is 0 Å². The molecule has 1 N–H and O–H groups in total. The Kier molecular flexibility index (Phi) is 4.99. The van der Waals surface area contributed by atoms with Crippen molar-refractivity contribution in [2.75, 3.05) is 26.2 Å². The molecule has 0 bridgehead atoms. The molecule has 0 aromatic carbocycles. The number of carbonyl (C=O) groups excluding carboxylic acids is 1. The molecule has 0 saturated carbocycles. The van der Waals surface area contributed by atoms with E-state index in [0.717, 1.165) is 38.5 Å². The highest BCUT2D eigenvalue weighted by atomic mass is 16.3. The van der Waals surface area contributed by atoms with Gasteiger partial charge >= 0.3 is 0 Å². The predicted octanol–water partition coefficient (Wildman–Crippen LogP) is 1.08. The van der Waals surface area contributed by atoms with Gasteiger partial charge in [-0.15, -0.1) is 0 Å². The van der Waals surface area contributed by atoms with E-state index in [4.69, 9.17) is 4.42 Å². The Morgan fingerprint density at radius 2 is 2.16 bits per heavy atom.